The predicted octanol–water partition coefficient (Wildman–Crippen LogP) is 2.99. The predicted molar refractivity (Wildman–Crippen MR) is 110 cm³/mol. The molecule has 0 aromatic heterocycles. The Balaban J connectivity index is 1.90. The molecule has 29 heavy (non-hydrogen) atoms. The summed E-state index contributed by atoms with van der Waals surface area (Å²) in [6, 6.07) is 9.54. The van der Waals surface area contributed by atoms with Gasteiger partial charge in [0.15, 0.2) is 17.0 Å². The molecule has 8 nitrogen and oxygen atoms in total. The monoisotopic (exact) mass is 461 g/mol. The van der Waals surface area contributed by atoms with E-state index in [2.05, 4.69) is 21.2 Å². The summed E-state index contributed by atoms with van der Waals surface area (Å²) < 4.78 is 11.4. The Bertz CT molecular complexity index is 1010. The zero-order valence-electron chi connectivity index (χ0n) is 16.1. The molecule has 2 aliphatic heterocycles. The number of benzene rings is 2. The van der Waals surface area contributed by atoms with Gasteiger partial charge in [0.05, 0.1) is 24.6 Å². The standard InChI is InChI=1S/C20H20BrN3O5/c1-23-10-12(11-8-14(21)17(29-3)16(9-11)28-2)18(24(26)27)20(23)13-6-4-5-7-15(13)22-19(20)25/h4-9,12,18H,10H2,1-3H3,(H,22,25)/t12-,18+,20+/m0/s1. The van der Waals surface area contributed by atoms with Gasteiger partial charge >= 0.3 is 0 Å². The molecule has 9 heteroatoms. The zero-order chi connectivity index (χ0) is 20.9. The first kappa shape index (κ1) is 19.7. The fourth-order valence-corrected chi connectivity index (χ4v) is 5.35. The molecular formula is C20H20BrN3O5. The maximum absolute atomic E-state index is 13.1. The van der Waals surface area contributed by atoms with Crippen molar-refractivity contribution in [3.63, 3.8) is 0 Å². The van der Waals surface area contributed by atoms with Crippen LogP contribution in [0, 0.1) is 10.1 Å². The summed E-state index contributed by atoms with van der Waals surface area (Å²) in [6.07, 6.45) is 0. The largest absolute Gasteiger partial charge is 0.493 e. The number of carbonyl (C=O) groups excluding carboxylic acids is 1. The number of halogens is 1. The van der Waals surface area contributed by atoms with Gasteiger partial charge in [-0.3, -0.25) is 19.8 Å². The minimum Gasteiger partial charge on any atom is -0.493 e. The normalized spacial score (nSPS) is 25.7. The molecule has 4 rings (SSSR count). The topological polar surface area (TPSA) is 93.9 Å². The van der Waals surface area contributed by atoms with Gasteiger partial charge in [-0.15, -0.1) is 0 Å². The van der Waals surface area contributed by atoms with Gasteiger partial charge in [-0.05, 0) is 46.7 Å². The van der Waals surface area contributed by atoms with Crippen LogP contribution in [0.2, 0.25) is 0 Å². The van der Waals surface area contributed by atoms with Crippen molar-refractivity contribution in [2.75, 3.05) is 33.1 Å². The van der Waals surface area contributed by atoms with E-state index in [1.807, 2.05) is 0 Å². The van der Waals surface area contributed by atoms with E-state index in [0.29, 0.717) is 39.3 Å². The summed E-state index contributed by atoms with van der Waals surface area (Å²) in [4.78, 5) is 26.9. The first-order chi connectivity index (χ1) is 13.9. The summed E-state index contributed by atoms with van der Waals surface area (Å²) >= 11 is 3.46. The highest BCUT2D eigenvalue weighted by Crippen LogP contribution is 2.53. The molecule has 2 aliphatic rings. The van der Waals surface area contributed by atoms with Crippen molar-refractivity contribution in [3.05, 3.63) is 62.1 Å². The van der Waals surface area contributed by atoms with Crippen LogP contribution in [0.3, 0.4) is 0 Å². The summed E-state index contributed by atoms with van der Waals surface area (Å²) in [5.74, 6) is 0.0886. The van der Waals surface area contributed by atoms with Crippen molar-refractivity contribution >= 4 is 27.5 Å². The van der Waals surface area contributed by atoms with Crippen LogP contribution in [0.15, 0.2) is 40.9 Å². The Hall–Kier alpha value is -2.65. The zero-order valence-corrected chi connectivity index (χ0v) is 17.7. The van der Waals surface area contributed by atoms with E-state index in [9.17, 15) is 14.9 Å². The molecule has 1 saturated heterocycles. The van der Waals surface area contributed by atoms with Gasteiger partial charge in [0, 0.05) is 22.7 Å². The molecule has 1 fully saturated rings. The second-order valence-electron chi connectivity index (χ2n) is 7.22. The lowest BCUT2D eigenvalue weighted by Gasteiger charge is -2.30. The average Bonchev–Trinajstić information content (AvgIpc) is 3.17. The number of nitrogens with zero attached hydrogens (tertiary/aromatic N) is 2. The van der Waals surface area contributed by atoms with Gasteiger partial charge in [-0.2, -0.15) is 0 Å². The Morgan fingerprint density at radius 1 is 1.28 bits per heavy atom. The number of hydrogen-bond donors (Lipinski definition) is 1. The Morgan fingerprint density at radius 3 is 2.66 bits per heavy atom. The maximum Gasteiger partial charge on any atom is 0.256 e. The number of carbonyl (C=O) groups is 1. The SMILES string of the molecule is COc1cc([C@@H]2CN(C)[C@@]3(C(=O)Nc4ccccc43)[C@@H]2[N+](=O)[O-])cc(Br)c1OC. The number of anilines is 1. The van der Waals surface area contributed by atoms with Crippen molar-refractivity contribution < 1.29 is 19.2 Å². The van der Waals surface area contributed by atoms with Gasteiger partial charge in [0.2, 0.25) is 0 Å². The third kappa shape index (κ3) is 2.64. The van der Waals surface area contributed by atoms with Gasteiger partial charge < -0.3 is 14.8 Å². The van der Waals surface area contributed by atoms with E-state index in [1.54, 1.807) is 48.3 Å². The highest BCUT2D eigenvalue weighted by Gasteiger charge is 2.68. The molecule has 1 spiro atoms. The van der Waals surface area contributed by atoms with Crippen molar-refractivity contribution in [2.24, 2.45) is 0 Å². The van der Waals surface area contributed by atoms with Gasteiger partial charge in [0.1, 0.15) is 0 Å². The number of nitro groups is 1. The third-order valence-electron chi connectivity index (χ3n) is 5.93. The van der Waals surface area contributed by atoms with E-state index in [0.717, 1.165) is 0 Å². The van der Waals surface area contributed by atoms with Gasteiger partial charge in [-0.1, -0.05) is 18.2 Å². The summed E-state index contributed by atoms with van der Waals surface area (Å²) in [6.45, 7) is 0.343. The quantitative estimate of drug-likeness (QED) is 0.555. The number of methoxy groups -OCH3 is 2. The molecule has 0 aliphatic carbocycles. The highest BCUT2D eigenvalue weighted by atomic mass is 79.9. The smallest absolute Gasteiger partial charge is 0.256 e. The fourth-order valence-electron chi connectivity index (χ4n) is 4.73. The molecule has 2 aromatic rings. The number of fused-ring (bicyclic) bond motifs is 2. The van der Waals surface area contributed by atoms with Gasteiger partial charge in [0.25, 0.3) is 11.9 Å². The average molecular weight is 462 g/mol. The number of nitrogens with one attached hydrogen (secondary N) is 1. The second kappa shape index (κ2) is 7.00. The van der Waals surface area contributed by atoms with Crippen LogP contribution < -0.4 is 14.8 Å². The van der Waals surface area contributed by atoms with Crippen molar-refractivity contribution in [2.45, 2.75) is 17.5 Å². The molecular weight excluding hydrogens is 442 g/mol. The first-order valence-electron chi connectivity index (χ1n) is 9.03. The number of para-hydroxylation sites is 1. The molecule has 0 radical (unpaired) electrons. The van der Waals surface area contributed by atoms with Crippen molar-refractivity contribution in [3.8, 4) is 11.5 Å². The molecule has 1 amide bonds. The van der Waals surface area contributed by atoms with Crippen LogP contribution in [0.5, 0.6) is 11.5 Å². The Labute approximate surface area is 176 Å². The first-order valence-corrected chi connectivity index (χ1v) is 9.82. The minimum absolute atomic E-state index is 0.333. The lowest BCUT2D eigenvalue weighted by molar-refractivity contribution is -0.534. The van der Waals surface area contributed by atoms with Crippen molar-refractivity contribution in [1.82, 2.24) is 4.90 Å². The number of likely N-dealkylation sites (tertiary alicyclic amines) is 1. The molecule has 1 N–H and O–H groups in total. The van der Waals surface area contributed by atoms with Crippen LogP contribution in [-0.2, 0) is 10.3 Å². The Morgan fingerprint density at radius 2 is 2.00 bits per heavy atom. The summed E-state index contributed by atoms with van der Waals surface area (Å²) in [5.41, 5.74) is 0.587. The molecule has 0 saturated carbocycles. The number of rotatable bonds is 4. The fraction of sp³-hybridized carbons (Fsp3) is 0.350. The van der Waals surface area contributed by atoms with Crippen LogP contribution >= 0.6 is 15.9 Å². The van der Waals surface area contributed by atoms with Crippen LogP contribution in [0.1, 0.15) is 17.0 Å². The van der Waals surface area contributed by atoms with E-state index in [4.69, 9.17) is 9.47 Å². The number of likely N-dealkylation sites (N-methyl/N-ethyl adjacent to an activating group) is 1. The molecule has 2 heterocycles. The Kier molecular flexibility index (Phi) is 4.74. The highest BCUT2D eigenvalue weighted by molar-refractivity contribution is 9.10. The molecule has 2 aromatic carbocycles. The van der Waals surface area contributed by atoms with Crippen LogP contribution in [-0.4, -0.2) is 49.6 Å². The number of amides is 1. The number of ether oxygens (including phenoxy) is 2. The van der Waals surface area contributed by atoms with Crippen molar-refractivity contribution in [1.29, 1.82) is 0 Å². The van der Waals surface area contributed by atoms with E-state index >= 15 is 0 Å². The van der Waals surface area contributed by atoms with E-state index in [1.165, 1.54) is 14.2 Å². The molecule has 152 valence electrons. The second-order valence-corrected chi connectivity index (χ2v) is 8.08. The molecule has 0 bridgehead atoms. The third-order valence-corrected chi connectivity index (χ3v) is 6.51. The molecule has 3 atom stereocenters. The minimum atomic E-state index is -1.37. The molecule has 0 unspecified atom stereocenters. The number of hydrogen-bond acceptors (Lipinski definition) is 6. The lowest BCUT2D eigenvalue weighted by Crippen LogP contribution is -2.54. The van der Waals surface area contributed by atoms with E-state index < -0.39 is 17.5 Å². The van der Waals surface area contributed by atoms with Crippen LogP contribution in [0.4, 0.5) is 5.69 Å². The van der Waals surface area contributed by atoms with Crippen LogP contribution in [0.25, 0.3) is 0 Å². The summed E-state index contributed by atoms with van der Waals surface area (Å²) in [7, 11) is 4.80. The van der Waals surface area contributed by atoms with Gasteiger partial charge in [-0.25, -0.2) is 0 Å². The van der Waals surface area contributed by atoms with E-state index in [-0.39, 0.29) is 10.8 Å². The lowest BCUT2D eigenvalue weighted by atomic mass is 9.79. The summed E-state index contributed by atoms with van der Waals surface area (Å²) in [5, 5.41) is 15.2. The maximum atomic E-state index is 13.1.